The smallest absolute Gasteiger partial charge is 0.316 e. The van der Waals surface area contributed by atoms with Crippen LogP contribution in [0.25, 0.3) is 0 Å². The summed E-state index contributed by atoms with van der Waals surface area (Å²) in [6.45, 7) is 9.35. The summed E-state index contributed by atoms with van der Waals surface area (Å²) in [5.41, 5.74) is 0.264. The minimum Gasteiger partial charge on any atom is -0.461 e. The van der Waals surface area contributed by atoms with Crippen LogP contribution in [0.3, 0.4) is 0 Å². The number of ether oxygens (including phenoxy) is 1. The van der Waals surface area contributed by atoms with E-state index in [4.69, 9.17) is 4.74 Å². The summed E-state index contributed by atoms with van der Waals surface area (Å²) in [5, 5.41) is 0. The van der Waals surface area contributed by atoms with Gasteiger partial charge < -0.3 is 4.74 Å². The summed E-state index contributed by atoms with van der Waals surface area (Å²) >= 11 is 0. The van der Waals surface area contributed by atoms with Crippen LogP contribution in [0.1, 0.15) is 18.9 Å². The molecule has 0 saturated carbocycles. The highest BCUT2D eigenvalue weighted by Crippen LogP contribution is 2.29. The van der Waals surface area contributed by atoms with E-state index in [2.05, 4.69) is 13.2 Å². The summed E-state index contributed by atoms with van der Waals surface area (Å²) in [5.74, 6) is -0.247. The van der Waals surface area contributed by atoms with Gasteiger partial charge in [0.05, 0.1) is 5.41 Å². The Kier molecular flexibility index (Phi) is 4.70. The molecule has 2 heteroatoms. The molecule has 90 valence electrons. The second-order valence-corrected chi connectivity index (χ2v) is 4.08. The normalized spacial score (nSPS) is 13.5. The fourth-order valence-corrected chi connectivity index (χ4v) is 1.71. The topological polar surface area (TPSA) is 26.3 Å². The lowest BCUT2D eigenvalue weighted by Gasteiger charge is -2.26. The second kappa shape index (κ2) is 6.04. The average Bonchev–Trinajstić information content (AvgIpc) is 2.37. The number of allylic oxidation sites excluding steroid dienone is 1. The van der Waals surface area contributed by atoms with Crippen LogP contribution >= 0.6 is 0 Å². The maximum Gasteiger partial charge on any atom is 0.316 e. The first kappa shape index (κ1) is 13.2. The van der Waals surface area contributed by atoms with E-state index in [1.165, 1.54) is 0 Å². The fraction of sp³-hybridized carbons (Fsp3) is 0.267. The Bertz CT molecular complexity index is 395. The lowest BCUT2D eigenvalue weighted by Crippen LogP contribution is -2.34. The van der Waals surface area contributed by atoms with Crippen molar-refractivity contribution < 1.29 is 9.53 Å². The molecular formula is C15H18O2. The van der Waals surface area contributed by atoms with Gasteiger partial charge in [-0.2, -0.15) is 0 Å². The Morgan fingerprint density at radius 3 is 2.47 bits per heavy atom. The quantitative estimate of drug-likeness (QED) is 0.554. The predicted octanol–water partition coefficient (Wildman–Crippen LogP) is 3.25. The molecule has 0 aliphatic rings. The summed E-state index contributed by atoms with van der Waals surface area (Å²) in [4.78, 5) is 12.1. The molecule has 0 saturated heterocycles. The largest absolute Gasteiger partial charge is 0.461 e. The van der Waals surface area contributed by atoms with Crippen LogP contribution in [-0.4, -0.2) is 12.6 Å². The lowest BCUT2D eigenvalue weighted by molar-refractivity contribution is -0.148. The third kappa shape index (κ3) is 3.06. The zero-order valence-corrected chi connectivity index (χ0v) is 10.2. The first-order valence-corrected chi connectivity index (χ1v) is 5.59. The Balaban J connectivity index is 3.00. The molecule has 0 N–H and O–H groups in total. The Morgan fingerprint density at radius 1 is 1.29 bits per heavy atom. The number of rotatable bonds is 6. The predicted molar refractivity (Wildman–Crippen MR) is 69.8 cm³/mol. The third-order valence-electron chi connectivity index (χ3n) is 2.75. The van der Waals surface area contributed by atoms with E-state index in [-0.39, 0.29) is 12.6 Å². The van der Waals surface area contributed by atoms with Crippen molar-refractivity contribution in [1.29, 1.82) is 0 Å². The zero-order chi connectivity index (χ0) is 12.7. The van der Waals surface area contributed by atoms with Crippen LogP contribution in [0, 0.1) is 0 Å². The molecule has 0 heterocycles. The molecule has 0 aliphatic carbocycles. The third-order valence-corrected chi connectivity index (χ3v) is 2.75. The van der Waals surface area contributed by atoms with Crippen molar-refractivity contribution in [3.05, 3.63) is 61.2 Å². The van der Waals surface area contributed by atoms with Crippen molar-refractivity contribution in [1.82, 2.24) is 0 Å². The molecule has 1 aromatic carbocycles. The van der Waals surface area contributed by atoms with Crippen molar-refractivity contribution in [2.45, 2.75) is 18.8 Å². The van der Waals surface area contributed by atoms with E-state index in [9.17, 15) is 4.79 Å². The van der Waals surface area contributed by atoms with Gasteiger partial charge in [0.2, 0.25) is 0 Å². The molecule has 17 heavy (non-hydrogen) atoms. The number of hydrogen-bond donors (Lipinski definition) is 0. The number of benzene rings is 1. The van der Waals surface area contributed by atoms with Gasteiger partial charge in [0.15, 0.2) is 0 Å². The van der Waals surface area contributed by atoms with Crippen molar-refractivity contribution >= 4 is 5.97 Å². The number of carbonyl (C=O) groups is 1. The van der Waals surface area contributed by atoms with Gasteiger partial charge in [-0.1, -0.05) is 49.1 Å². The van der Waals surface area contributed by atoms with Crippen LogP contribution in [0.4, 0.5) is 0 Å². The van der Waals surface area contributed by atoms with Gasteiger partial charge in [0.25, 0.3) is 0 Å². The molecule has 1 rings (SSSR count). The molecule has 0 aliphatic heterocycles. The van der Waals surface area contributed by atoms with Crippen LogP contribution in [-0.2, 0) is 14.9 Å². The number of hydrogen-bond acceptors (Lipinski definition) is 2. The van der Waals surface area contributed by atoms with Crippen molar-refractivity contribution in [2.24, 2.45) is 0 Å². The molecule has 0 radical (unpaired) electrons. The highest BCUT2D eigenvalue weighted by molar-refractivity contribution is 5.83. The minimum atomic E-state index is -0.675. The van der Waals surface area contributed by atoms with E-state index < -0.39 is 5.41 Å². The number of carbonyl (C=O) groups excluding carboxylic acids is 1. The van der Waals surface area contributed by atoms with Gasteiger partial charge in [-0.05, 0) is 18.9 Å². The minimum absolute atomic E-state index is 0.235. The van der Waals surface area contributed by atoms with Crippen molar-refractivity contribution in [3.63, 3.8) is 0 Å². The molecule has 1 unspecified atom stereocenters. The molecule has 0 fully saturated rings. The highest BCUT2D eigenvalue weighted by atomic mass is 16.5. The van der Waals surface area contributed by atoms with Gasteiger partial charge in [-0.3, -0.25) is 4.79 Å². The summed E-state index contributed by atoms with van der Waals surface area (Å²) < 4.78 is 5.16. The summed E-state index contributed by atoms with van der Waals surface area (Å²) in [6, 6.07) is 9.61. The van der Waals surface area contributed by atoms with Gasteiger partial charge in [0.1, 0.15) is 6.61 Å². The molecule has 1 atom stereocenters. The molecule has 0 spiro atoms. The first-order chi connectivity index (χ1) is 8.15. The maximum atomic E-state index is 12.1. The monoisotopic (exact) mass is 230 g/mol. The number of esters is 1. The van der Waals surface area contributed by atoms with Crippen LogP contribution < -0.4 is 0 Å². The lowest BCUT2D eigenvalue weighted by atomic mass is 9.79. The highest BCUT2D eigenvalue weighted by Gasteiger charge is 2.35. The van der Waals surface area contributed by atoms with E-state index in [0.717, 1.165) is 5.56 Å². The fourth-order valence-electron chi connectivity index (χ4n) is 1.71. The average molecular weight is 230 g/mol. The second-order valence-electron chi connectivity index (χ2n) is 4.08. The molecule has 2 nitrogen and oxygen atoms in total. The van der Waals surface area contributed by atoms with Gasteiger partial charge >= 0.3 is 5.97 Å². The molecular weight excluding hydrogens is 212 g/mol. The van der Waals surface area contributed by atoms with Crippen LogP contribution in [0.15, 0.2) is 55.6 Å². The standard InChI is InChI=1S/C15H18O2/c1-4-11-15(3,14(16)17-12-5-2)13-9-7-6-8-10-13/h4-10H,1-2,11-12H2,3H3. The van der Waals surface area contributed by atoms with Crippen LogP contribution in [0.2, 0.25) is 0 Å². The molecule has 0 aromatic heterocycles. The molecule has 1 aromatic rings. The molecule has 0 bridgehead atoms. The van der Waals surface area contributed by atoms with Crippen molar-refractivity contribution in [2.75, 3.05) is 6.61 Å². The van der Waals surface area contributed by atoms with Crippen molar-refractivity contribution in [3.8, 4) is 0 Å². The van der Waals surface area contributed by atoms with Gasteiger partial charge in [-0.25, -0.2) is 0 Å². The van der Waals surface area contributed by atoms with E-state index in [1.54, 1.807) is 12.2 Å². The van der Waals surface area contributed by atoms with E-state index in [1.807, 2.05) is 37.3 Å². The summed E-state index contributed by atoms with van der Waals surface area (Å²) in [7, 11) is 0. The Morgan fingerprint density at radius 2 is 1.94 bits per heavy atom. The maximum absolute atomic E-state index is 12.1. The SMILES string of the molecule is C=CCOC(=O)C(C)(CC=C)c1ccccc1. The van der Waals surface area contributed by atoms with Crippen LogP contribution in [0.5, 0.6) is 0 Å². The van der Waals surface area contributed by atoms with Gasteiger partial charge in [0, 0.05) is 0 Å². The van der Waals surface area contributed by atoms with E-state index in [0.29, 0.717) is 6.42 Å². The Labute approximate surface area is 103 Å². The van der Waals surface area contributed by atoms with Gasteiger partial charge in [-0.15, -0.1) is 6.58 Å². The Hall–Kier alpha value is -1.83. The van der Waals surface area contributed by atoms with E-state index >= 15 is 0 Å². The zero-order valence-electron chi connectivity index (χ0n) is 10.2. The molecule has 0 amide bonds. The summed E-state index contributed by atoms with van der Waals surface area (Å²) in [6.07, 6.45) is 3.85. The first-order valence-electron chi connectivity index (χ1n) is 5.59.